The summed E-state index contributed by atoms with van der Waals surface area (Å²) in [5, 5.41) is 8.53. The Morgan fingerprint density at radius 1 is 1.08 bits per heavy atom. The molecule has 3 aromatic rings. The van der Waals surface area contributed by atoms with Gasteiger partial charge in [-0.3, -0.25) is 0 Å². The molecule has 0 spiro atoms. The third kappa shape index (κ3) is 2.71. The Balaban J connectivity index is 1.74. The van der Waals surface area contributed by atoms with Crippen LogP contribution in [0.4, 0.5) is 11.9 Å². The van der Waals surface area contributed by atoms with Crippen molar-refractivity contribution < 1.29 is 0 Å². The van der Waals surface area contributed by atoms with Gasteiger partial charge in [0.05, 0.1) is 12.1 Å². The van der Waals surface area contributed by atoms with Crippen molar-refractivity contribution in [3.8, 4) is 0 Å². The van der Waals surface area contributed by atoms with Gasteiger partial charge < -0.3 is 11.1 Å². The molecular formula is C18H18ClN5. The Bertz CT molecular complexity index is 854. The first-order valence-corrected chi connectivity index (χ1v) is 8.28. The number of anilines is 2. The number of hydrogen-bond acceptors (Lipinski definition) is 4. The summed E-state index contributed by atoms with van der Waals surface area (Å²) in [6.45, 7) is 2.09. The lowest BCUT2D eigenvalue weighted by Gasteiger charge is -2.31. The largest absolute Gasteiger partial charge is 0.366 e. The molecule has 2 atom stereocenters. The first-order chi connectivity index (χ1) is 11.6. The molecule has 0 bridgehead atoms. The molecule has 1 aliphatic rings. The molecule has 1 aromatic heterocycles. The molecule has 122 valence electrons. The van der Waals surface area contributed by atoms with Crippen molar-refractivity contribution in [2.24, 2.45) is 0 Å². The van der Waals surface area contributed by atoms with Gasteiger partial charge in [0.25, 0.3) is 0 Å². The van der Waals surface area contributed by atoms with E-state index in [1.807, 2.05) is 28.9 Å². The molecule has 24 heavy (non-hydrogen) atoms. The van der Waals surface area contributed by atoms with E-state index in [4.69, 9.17) is 17.3 Å². The highest BCUT2D eigenvalue weighted by atomic mass is 35.5. The summed E-state index contributed by atoms with van der Waals surface area (Å²) in [5.41, 5.74) is 9.44. The maximum absolute atomic E-state index is 6.03. The maximum Gasteiger partial charge on any atom is 0.241 e. The summed E-state index contributed by atoms with van der Waals surface area (Å²) in [6, 6.07) is 16.7. The van der Waals surface area contributed by atoms with Gasteiger partial charge in [-0.05, 0) is 36.6 Å². The highest BCUT2D eigenvalue weighted by Gasteiger charge is 2.30. The monoisotopic (exact) mass is 339 g/mol. The van der Waals surface area contributed by atoms with Crippen molar-refractivity contribution in [3.05, 3.63) is 70.2 Å². The molecule has 2 aromatic carbocycles. The number of nitrogens with zero attached hydrogens (tertiary/aromatic N) is 3. The summed E-state index contributed by atoms with van der Waals surface area (Å²) < 4.78 is 1.86. The number of halogens is 1. The number of nitrogens with one attached hydrogen (secondary N) is 1. The van der Waals surface area contributed by atoms with Crippen LogP contribution in [-0.2, 0) is 0 Å². The molecule has 0 saturated carbocycles. The van der Waals surface area contributed by atoms with Crippen molar-refractivity contribution in [1.82, 2.24) is 14.8 Å². The van der Waals surface area contributed by atoms with Crippen LogP contribution < -0.4 is 11.1 Å². The molecular weight excluding hydrogens is 322 g/mol. The number of nitrogen functional groups attached to an aromatic ring is 1. The number of benzene rings is 2. The quantitative estimate of drug-likeness (QED) is 0.741. The minimum atomic E-state index is 0.0645. The van der Waals surface area contributed by atoms with Crippen molar-refractivity contribution in [2.45, 2.75) is 25.4 Å². The van der Waals surface area contributed by atoms with E-state index in [0.717, 1.165) is 17.0 Å². The fourth-order valence-corrected chi connectivity index (χ4v) is 3.30. The minimum Gasteiger partial charge on any atom is -0.366 e. The summed E-state index contributed by atoms with van der Waals surface area (Å²) in [7, 11) is 0. The van der Waals surface area contributed by atoms with E-state index >= 15 is 0 Å². The average molecular weight is 340 g/mol. The average Bonchev–Trinajstić information content (AvgIpc) is 2.95. The number of rotatable bonds is 2. The van der Waals surface area contributed by atoms with E-state index < -0.39 is 0 Å². The molecule has 0 amide bonds. The zero-order valence-electron chi connectivity index (χ0n) is 13.3. The number of nitrogens with two attached hydrogens (primary N) is 1. The van der Waals surface area contributed by atoms with Gasteiger partial charge in [-0.2, -0.15) is 4.98 Å². The van der Waals surface area contributed by atoms with E-state index in [9.17, 15) is 0 Å². The molecule has 2 heterocycles. The SMILES string of the molecule is Cc1ccc([C@@H]2C[C@H](c3ccc(Cl)cc3)n3nc(N)nc3N2)cc1. The Hall–Kier alpha value is -2.53. The Labute approximate surface area is 145 Å². The standard InChI is InChI=1S/C18H18ClN5/c1-11-2-4-12(5-3-11)15-10-16(13-6-8-14(19)9-7-13)24-18(21-15)22-17(20)23-24/h2-9,15-16H,10H2,1H3,(H3,20,21,22,23)/t15-,16+/m0/s1. The van der Waals surface area contributed by atoms with E-state index in [-0.39, 0.29) is 18.0 Å². The van der Waals surface area contributed by atoms with Crippen LogP contribution in [-0.4, -0.2) is 14.8 Å². The van der Waals surface area contributed by atoms with Crippen LogP contribution in [0.1, 0.15) is 35.2 Å². The molecule has 0 fully saturated rings. The zero-order valence-corrected chi connectivity index (χ0v) is 14.0. The highest BCUT2D eigenvalue weighted by molar-refractivity contribution is 6.30. The topological polar surface area (TPSA) is 68.8 Å². The molecule has 5 nitrogen and oxygen atoms in total. The normalized spacial score (nSPS) is 19.6. The summed E-state index contributed by atoms with van der Waals surface area (Å²) in [5.74, 6) is 0.977. The third-order valence-corrected chi connectivity index (χ3v) is 4.69. The molecule has 1 aliphatic heterocycles. The van der Waals surface area contributed by atoms with Crippen LogP contribution >= 0.6 is 11.6 Å². The van der Waals surface area contributed by atoms with Crippen molar-refractivity contribution in [1.29, 1.82) is 0 Å². The van der Waals surface area contributed by atoms with Gasteiger partial charge in [-0.15, -0.1) is 5.10 Å². The molecule has 0 saturated heterocycles. The molecule has 3 N–H and O–H groups in total. The zero-order chi connectivity index (χ0) is 16.7. The van der Waals surface area contributed by atoms with Crippen molar-refractivity contribution in [3.63, 3.8) is 0 Å². The van der Waals surface area contributed by atoms with Gasteiger partial charge in [0.1, 0.15) is 0 Å². The van der Waals surface area contributed by atoms with Crippen LogP contribution in [0.5, 0.6) is 0 Å². The van der Waals surface area contributed by atoms with Crippen LogP contribution in [0.25, 0.3) is 0 Å². The van der Waals surface area contributed by atoms with Crippen molar-refractivity contribution in [2.75, 3.05) is 11.1 Å². The third-order valence-electron chi connectivity index (χ3n) is 4.44. The lowest BCUT2D eigenvalue weighted by atomic mass is 9.93. The van der Waals surface area contributed by atoms with Crippen LogP contribution in [0.15, 0.2) is 48.5 Å². The maximum atomic E-state index is 6.03. The first kappa shape index (κ1) is 15.0. The second kappa shape index (κ2) is 5.83. The summed E-state index contributed by atoms with van der Waals surface area (Å²) in [6.07, 6.45) is 0.862. The van der Waals surface area contributed by atoms with Crippen LogP contribution in [0.3, 0.4) is 0 Å². The van der Waals surface area contributed by atoms with Gasteiger partial charge in [0.2, 0.25) is 11.9 Å². The Morgan fingerprint density at radius 3 is 2.46 bits per heavy atom. The number of hydrogen-bond donors (Lipinski definition) is 2. The van der Waals surface area contributed by atoms with E-state index in [2.05, 4.69) is 46.6 Å². The summed E-state index contributed by atoms with van der Waals surface area (Å²) in [4.78, 5) is 4.33. The van der Waals surface area contributed by atoms with Gasteiger partial charge in [0, 0.05) is 5.02 Å². The molecule has 0 unspecified atom stereocenters. The Kier molecular flexibility index (Phi) is 3.65. The van der Waals surface area contributed by atoms with Gasteiger partial charge >= 0.3 is 0 Å². The molecule has 6 heteroatoms. The predicted molar refractivity (Wildman–Crippen MR) is 96.2 cm³/mol. The van der Waals surface area contributed by atoms with Gasteiger partial charge in [-0.25, -0.2) is 4.68 Å². The Morgan fingerprint density at radius 2 is 1.75 bits per heavy atom. The van der Waals surface area contributed by atoms with E-state index in [0.29, 0.717) is 5.95 Å². The van der Waals surface area contributed by atoms with E-state index in [1.165, 1.54) is 11.1 Å². The smallest absolute Gasteiger partial charge is 0.241 e. The first-order valence-electron chi connectivity index (χ1n) is 7.91. The lowest BCUT2D eigenvalue weighted by Crippen LogP contribution is -2.28. The van der Waals surface area contributed by atoms with Crippen LogP contribution in [0, 0.1) is 6.92 Å². The van der Waals surface area contributed by atoms with Gasteiger partial charge in [0.15, 0.2) is 0 Å². The fraction of sp³-hybridized carbons (Fsp3) is 0.222. The summed E-state index contributed by atoms with van der Waals surface area (Å²) >= 11 is 6.03. The number of fused-ring (bicyclic) bond motifs is 1. The van der Waals surface area contributed by atoms with Crippen LogP contribution in [0.2, 0.25) is 5.02 Å². The molecule has 4 rings (SSSR count). The molecule has 0 aliphatic carbocycles. The second-order valence-corrected chi connectivity index (χ2v) is 6.59. The van der Waals surface area contributed by atoms with Gasteiger partial charge in [-0.1, -0.05) is 53.6 Å². The molecule has 0 radical (unpaired) electrons. The number of aryl methyl sites for hydroxylation is 1. The van der Waals surface area contributed by atoms with Crippen molar-refractivity contribution >= 4 is 23.5 Å². The predicted octanol–water partition coefficient (Wildman–Crippen LogP) is 3.97. The lowest BCUT2D eigenvalue weighted by molar-refractivity contribution is 0.431. The minimum absolute atomic E-state index is 0.0645. The fourth-order valence-electron chi connectivity index (χ4n) is 3.17. The second-order valence-electron chi connectivity index (χ2n) is 6.15. The highest BCUT2D eigenvalue weighted by Crippen LogP contribution is 2.38. The number of aromatic nitrogens is 3. The van der Waals surface area contributed by atoms with E-state index in [1.54, 1.807) is 0 Å².